The molecule has 3 rings (SSSR count). The summed E-state index contributed by atoms with van der Waals surface area (Å²) >= 11 is 0. The van der Waals surface area contributed by atoms with Crippen molar-refractivity contribution in [3.63, 3.8) is 0 Å². The fourth-order valence-electron chi connectivity index (χ4n) is 2.61. The van der Waals surface area contributed by atoms with Crippen LogP contribution in [-0.4, -0.2) is 29.8 Å². The first-order valence-corrected chi connectivity index (χ1v) is 6.95. The van der Waals surface area contributed by atoms with Gasteiger partial charge in [-0.25, -0.2) is 0 Å². The Morgan fingerprint density at radius 3 is 2.80 bits per heavy atom. The van der Waals surface area contributed by atoms with Gasteiger partial charge < -0.3 is 14.6 Å². The van der Waals surface area contributed by atoms with Gasteiger partial charge in [-0.3, -0.25) is 0 Å². The Bertz CT molecular complexity index is 565. The van der Waals surface area contributed by atoms with Crippen LogP contribution in [0, 0.1) is 0 Å². The molecular weight excluding hydrogens is 254 g/mol. The van der Waals surface area contributed by atoms with Crippen LogP contribution in [0.25, 0.3) is 0 Å². The maximum absolute atomic E-state index is 5.41. The molecule has 1 aromatic heterocycles. The van der Waals surface area contributed by atoms with E-state index in [0.29, 0.717) is 18.4 Å². The van der Waals surface area contributed by atoms with Gasteiger partial charge in [-0.1, -0.05) is 17.3 Å². The molecule has 1 fully saturated rings. The Morgan fingerprint density at radius 2 is 2.15 bits per heavy atom. The van der Waals surface area contributed by atoms with Crippen molar-refractivity contribution in [2.75, 3.05) is 13.7 Å². The zero-order valence-corrected chi connectivity index (χ0v) is 11.8. The second-order valence-corrected chi connectivity index (χ2v) is 5.21. The minimum Gasteiger partial charge on any atom is -0.497 e. The fourth-order valence-corrected chi connectivity index (χ4v) is 2.61. The molecule has 1 aliphatic heterocycles. The van der Waals surface area contributed by atoms with Crippen LogP contribution in [0.15, 0.2) is 28.8 Å². The molecule has 2 unspecified atom stereocenters. The number of methoxy groups -OCH3 is 1. The van der Waals surface area contributed by atoms with Gasteiger partial charge in [0.1, 0.15) is 5.75 Å². The van der Waals surface area contributed by atoms with Gasteiger partial charge in [-0.15, -0.1) is 0 Å². The largest absolute Gasteiger partial charge is 0.497 e. The molecule has 0 radical (unpaired) electrons. The average molecular weight is 273 g/mol. The highest BCUT2D eigenvalue weighted by Crippen LogP contribution is 2.26. The third kappa shape index (κ3) is 2.67. The van der Waals surface area contributed by atoms with Crippen molar-refractivity contribution in [3.05, 3.63) is 41.5 Å². The van der Waals surface area contributed by atoms with Gasteiger partial charge in [0.2, 0.25) is 5.89 Å². The second-order valence-electron chi connectivity index (χ2n) is 5.21. The van der Waals surface area contributed by atoms with E-state index < -0.39 is 0 Å². The molecule has 2 atom stereocenters. The molecule has 5 nitrogen and oxygen atoms in total. The normalized spacial score (nSPS) is 22.1. The Morgan fingerprint density at radius 1 is 1.35 bits per heavy atom. The van der Waals surface area contributed by atoms with Gasteiger partial charge in [0.15, 0.2) is 5.82 Å². The van der Waals surface area contributed by atoms with Crippen molar-refractivity contribution in [1.29, 1.82) is 0 Å². The minimum absolute atomic E-state index is 0.340. The lowest BCUT2D eigenvalue weighted by molar-refractivity contribution is 0.342. The summed E-state index contributed by atoms with van der Waals surface area (Å²) in [5, 5.41) is 7.49. The van der Waals surface area contributed by atoms with Gasteiger partial charge >= 0.3 is 0 Å². The Hall–Kier alpha value is -1.88. The van der Waals surface area contributed by atoms with E-state index in [1.165, 1.54) is 0 Å². The molecular formula is C15H19N3O2. The molecule has 0 amide bonds. The SMILES string of the molecule is COc1ccc(Cc2noc(C3CCNC3C)n2)cc1. The van der Waals surface area contributed by atoms with Crippen LogP contribution in [-0.2, 0) is 6.42 Å². The maximum atomic E-state index is 5.41. The lowest BCUT2D eigenvalue weighted by Crippen LogP contribution is -2.21. The van der Waals surface area contributed by atoms with Crippen LogP contribution in [0.1, 0.15) is 36.5 Å². The van der Waals surface area contributed by atoms with E-state index in [1.807, 2.05) is 24.3 Å². The molecule has 1 saturated heterocycles. The summed E-state index contributed by atoms with van der Waals surface area (Å²) in [4.78, 5) is 4.53. The predicted molar refractivity (Wildman–Crippen MR) is 74.9 cm³/mol. The molecule has 0 spiro atoms. The van der Waals surface area contributed by atoms with Crippen LogP contribution in [0.4, 0.5) is 0 Å². The van der Waals surface area contributed by atoms with E-state index in [1.54, 1.807) is 7.11 Å². The summed E-state index contributed by atoms with van der Waals surface area (Å²) in [5.74, 6) is 2.69. The Labute approximate surface area is 118 Å². The van der Waals surface area contributed by atoms with Crippen molar-refractivity contribution in [1.82, 2.24) is 15.5 Å². The molecule has 20 heavy (non-hydrogen) atoms. The fraction of sp³-hybridized carbons (Fsp3) is 0.467. The molecule has 0 saturated carbocycles. The van der Waals surface area contributed by atoms with Crippen LogP contribution < -0.4 is 10.1 Å². The molecule has 1 aliphatic rings. The zero-order valence-electron chi connectivity index (χ0n) is 11.8. The third-order valence-corrected chi connectivity index (χ3v) is 3.85. The van der Waals surface area contributed by atoms with Gasteiger partial charge in [0.05, 0.1) is 13.0 Å². The number of aromatic nitrogens is 2. The van der Waals surface area contributed by atoms with Gasteiger partial charge in [0, 0.05) is 12.5 Å². The van der Waals surface area contributed by atoms with E-state index in [-0.39, 0.29) is 0 Å². The van der Waals surface area contributed by atoms with Crippen LogP contribution in [0.2, 0.25) is 0 Å². The van der Waals surface area contributed by atoms with E-state index >= 15 is 0 Å². The highest BCUT2D eigenvalue weighted by molar-refractivity contribution is 5.28. The second kappa shape index (κ2) is 5.63. The molecule has 1 aromatic carbocycles. The van der Waals surface area contributed by atoms with Gasteiger partial charge in [-0.05, 0) is 37.6 Å². The number of hydrogen-bond donors (Lipinski definition) is 1. The molecule has 0 bridgehead atoms. The number of benzene rings is 1. The third-order valence-electron chi connectivity index (χ3n) is 3.85. The quantitative estimate of drug-likeness (QED) is 0.924. The van der Waals surface area contributed by atoms with Crippen molar-refractivity contribution >= 4 is 0 Å². The highest BCUT2D eigenvalue weighted by Gasteiger charge is 2.29. The first kappa shape index (κ1) is 13.1. The smallest absolute Gasteiger partial charge is 0.231 e. The number of nitrogens with zero attached hydrogens (tertiary/aromatic N) is 2. The zero-order chi connectivity index (χ0) is 13.9. The Balaban J connectivity index is 1.70. The van der Waals surface area contributed by atoms with Crippen molar-refractivity contribution in [2.45, 2.75) is 31.7 Å². The van der Waals surface area contributed by atoms with Crippen molar-refractivity contribution in [3.8, 4) is 5.75 Å². The van der Waals surface area contributed by atoms with Crippen LogP contribution >= 0.6 is 0 Å². The van der Waals surface area contributed by atoms with E-state index in [9.17, 15) is 0 Å². The first-order valence-electron chi connectivity index (χ1n) is 6.95. The molecule has 106 valence electrons. The first-order chi connectivity index (χ1) is 9.76. The number of nitrogens with one attached hydrogen (secondary N) is 1. The summed E-state index contributed by atoms with van der Waals surface area (Å²) < 4.78 is 10.6. The van der Waals surface area contributed by atoms with E-state index in [0.717, 1.165) is 36.0 Å². The van der Waals surface area contributed by atoms with Crippen molar-refractivity contribution < 1.29 is 9.26 Å². The summed E-state index contributed by atoms with van der Waals surface area (Å²) in [6, 6.07) is 8.34. The van der Waals surface area contributed by atoms with Gasteiger partial charge in [-0.2, -0.15) is 4.98 Å². The van der Waals surface area contributed by atoms with Crippen molar-refractivity contribution in [2.24, 2.45) is 0 Å². The Kier molecular flexibility index (Phi) is 3.69. The average Bonchev–Trinajstić information content (AvgIpc) is 3.08. The molecule has 1 N–H and O–H groups in total. The van der Waals surface area contributed by atoms with Gasteiger partial charge in [0.25, 0.3) is 0 Å². The summed E-state index contributed by atoms with van der Waals surface area (Å²) in [6.45, 7) is 3.17. The molecule has 0 aliphatic carbocycles. The lowest BCUT2D eigenvalue weighted by atomic mass is 10.0. The van der Waals surface area contributed by atoms with Crippen LogP contribution in [0.3, 0.4) is 0 Å². The topological polar surface area (TPSA) is 60.2 Å². The predicted octanol–water partition coefficient (Wildman–Crippen LogP) is 2.13. The minimum atomic E-state index is 0.340. The highest BCUT2D eigenvalue weighted by atomic mass is 16.5. The molecule has 2 aromatic rings. The summed E-state index contributed by atoms with van der Waals surface area (Å²) in [7, 11) is 1.66. The molecule has 2 heterocycles. The van der Waals surface area contributed by atoms with Crippen LogP contribution in [0.5, 0.6) is 5.75 Å². The number of ether oxygens (including phenoxy) is 1. The summed E-state index contributed by atoms with van der Waals surface area (Å²) in [6.07, 6.45) is 1.74. The molecule has 5 heteroatoms. The lowest BCUT2D eigenvalue weighted by Gasteiger charge is -2.08. The number of rotatable bonds is 4. The van der Waals surface area contributed by atoms with E-state index in [4.69, 9.17) is 9.26 Å². The maximum Gasteiger partial charge on any atom is 0.231 e. The van der Waals surface area contributed by atoms with E-state index in [2.05, 4.69) is 22.4 Å². The number of hydrogen-bond acceptors (Lipinski definition) is 5. The standard InChI is InChI=1S/C15H19N3O2/c1-10-13(7-8-16-10)15-17-14(18-20-15)9-11-3-5-12(19-2)6-4-11/h3-6,10,13,16H,7-9H2,1-2H3. The summed E-state index contributed by atoms with van der Waals surface area (Å²) in [5.41, 5.74) is 1.15. The monoisotopic (exact) mass is 273 g/mol.